The van der Waals surface area contributed by atoms with Crippen molar-refractivity contribution in [1.82, 2.24) is 5.32 Å². The van der Waals surface area contributed by atoms with E-state index >= 15 is 0 Å². The lowest BCUT2D eigenvalue weighted by molar-refractivity contribution is -0.122. The van der Waals surface area contributed by atoms with Gasteiger partial charge in [-0.2, -0.15) is 0 Å². The van der Waals surface area contributed by atoms with E-state index in [4.69, 9.17) is 10.5 Å². The second-order valence-electron chi connectivity index (χ2n) is 4.65. The van der Waals surface area contributed by atoms with Crippen molar-refractivity contribution in [3.8, 4) is 0 Å². The van der Waals surface area contributed by atoms with Crippen LogP contribution in [0, 0.1) is 5.92 Å². The fourth-order valence-electron chi connectivity index (χ4n) is 1.49. The van der Waals surface area contributed by atoms with Gasteiger partial charge in [0.2, 0.25) is 5.91 Å². The Morgan fingerprint density at radius 3 is 2.61 bits per heavy atom. The standard InChI is InChI=1S/C14H22N2O2/c1-11(2)10-18-9-8-16-14(17)13(15)12-6-4-3-5-7-12/h3-7,11,13H,8-10,15H2,1-2H3,(H,16,17). The third-order valence-electron chi connectivity index (χ3n) is 2.44. The molecule has 0 aliphatic carbocycles. The molecule has 0 saturated carbocycles. The average molecular weight is 250 g/mol. The molecule has 0 fully saturated rings. The van der Waals surface area contributed by atoms with Gasteiger partial charge >= 0.3 is 0 Å². The van der Waals surface area contributed by atoms with Gasteiger partial charge in [0.25, 0.3) is 0 Å². The highest BCUT2D eigenvalue weighted by atomic mass is 16.5. The average Bonchev–Trinajstić information content (AvgIpc) is 2.38. The Morgan fingerprint density at radius 1 is 1.33 bits per heavy atom. The number of nitrogens with one attached hydrogen (secondary N) is 1. The highest BCUT2D eigenvalue weighted by Crippen LogP contribution is 2.08. The lowest BCUT2D eigenvalue weighted by Gasteiger charge is -2.13. The molecule has 1 aromatic carbocycles. The number of hydrogen-bond donors (Lipinski definition) is 2. The van der Waals surface area contributed by atoms with Crippen molar-refractivity contribution in [3.63, 3.8) is 0 Å². The first-order chi connectivity index (χ1) is 8.61. The maximum absolute atomic E-state index is 11.7. The van der Waals surface area contributed by atoms with Crippen LogP contribution >= 0.6 is 0 Å². The van der Waals surface area contributed by atoms with Crippen molar-refractivity contribution in [2.75, 3.05) is 19.8 Å². The Balaban J connectivity index is 2.25. The first kappa shape index (κ1) is 14.7. The minimum atomic E-state index is -0.615. The van der Waals surface area contributed by atoms with Gasteiger partial charge in [-0.05, 0) is 11.5 Å². The van der Waals surface area contributed by atoms with Crippen LogP contribution < -0.4 is 11.1 Å². The molecule has 0 radical (unpaired) electrons. The maximum atomic E-state index is 11.7. The first-order valence-electron chi connectivity index (χ1n) is 6.27. The first-order valence-corrected chi connectivity index (χ1v) is 6.27. The molecule has 1 amide bonds. The summed E-state index contributed by atoms with van der Waals surface area (Å²) in [6.07, 6.45) is 0. The highest BCUT2D eigenvalue weighted by Gasteiger charge is 2.14. The van der Waals surface area contributed by atoms with E-state index in [2.05, 4.69) is 19.2 Å². The molecule has 0 bridgehead atoms. The van der Waals surface area contributed by atoms with E-state index in [0.717, 1.165) is 5.56 Å². The van der Waals surface area contributed by atoms with E-state index < -0.39 is 6.04 Å². The zero-order valence-electron chi connectivity index (χ0n) is 11.1. The van der Waals surface area contributed by atoms with Crippen LogP contribution in [0.25, 0.3) is 0 Å². The van der Waals surface area contributed by atoms with Gasteiger partial charge in [-0.25, -0.2) is 0 Å². The van der Waals surface area contributed by atoms with E-state index in [-0.39, 0.29) is 5.91 Å². The van der Waals surface area contributed by atoms with Crippen molar-refractivity contribution in [3.05, 3.63) is 35.9 Å². The number of benzene rings is 1. The van der Waals surface area contributed by atoms with E-state index in [0.29, 0.717) is 25.7 Å². The zero-order chi connectivity index (χ0) is 13.4. The summed E-state index contributed by atoms with van der Waals surface area (Å²) in [6.45, 7) is 5.89. The Bertz CT molecular complexity index is 352. The van der Waals surface area contributed by atoms with Gasteiger partial charge in [-0.1, -0.05) is 44.2 Å². The number of rotatable bonds is 7. The smallest absolute Gasteiger partial charge is 0.241 e. The third kappa shape index (κ3) is 5.29. The fourth-order valence-corrected chi connectivity index (χ4v) is 1.49. The molecule has 1 rings (SSSR count). The van der Waals surface area contributed by atoms with Crippen LogP contribution in [0.15, 0.2) is 30.3 Å². The molecular formula is C14H22N2O2. The summed E-state index contributed by atoms with van der Waals surface area (Å²) in [6, 6.07) is 8.71. The van der Waals surface area contributed by atoms with E-state index in [1.807, 2.05) is 30.3 Å². The van der Waals surface area contributed by atoms with Crippen LogP contribution in [-0.2, 0) is 9.53 Å². The number of ether oxygens (including phenoxy) is 1. The van der Waals surface area contributed by atoms with Crippen molar-refractivity contribution in [1.29, 1.82) is 0 Å². The lowest BCUT2D eigenvalue weighted by Crippen LogP contribution is -2.36. The number of hydrogen-bond acceptors (Lipinski definition) is 3. The molecule has 0 saturated heterocycles. The van der Waals surface area contributed by atoms with E-state index in [1.54, 1.807) is 0 Å². The topological polar surface area (TPSA) is 64.3 Å². The highest BCUT2D eigenvalue weighted by molar-refractivity contribution is 5.82. The van der Waals surface area contributed by atoms with Crippen molar-refractivity contribution in [2.45, 2.75) is 19.9 Å². The summed E-state index contributed by atoms with van der Waals surface area (Å²) in [5, 5.41) is 2.77. The van der Waals surface area contributed by atoms with Crippen LogP contribution in [0.1, 0.15) is 25.5 Å². The monoisotopic (exact) mass is 250 g/mol. The molecule has 100 valence electrons. The molecule has 0 aromatic heterocycles. The number of carbonyl (C=O) groups excluding carboxylic acids is 1. The van der Waals surface area contributed by atoms with E-state index in [9.17, 15) is 4.79 Å². The van der Waals surface area contributed by atoms with Crippen LogP contribution in [0.5, 0.6) is 0 Å². The van der Waals surface area contributed by atoms with Crippen LogP contribution in [0.3, 0.4) is 0 Å². The molecule has 1 unspecified atom stereocenters. The molecule has 1 atom stereocenters. The van der Waals surface area contributed by atoms with Crippen LogP contribution in [0.4, 0.5) is 0 Å². The number of amides is 1. The largest absolute Gasteiger partial charge is 0.379 e. The zero-order valence-corrected chi connectivity index (χ0v) is 11.1. The van der Waals surface area contributed by atoms with Gasteiger partial charge in [-0.3, -0.25) is 4.79 Å². The third-order valence-corrected chi connectivity index (χ3v) is 2.44. The maximum Gasteiger partial charge on any atom is 0.241 e. The minimum absolute atomic E-state index is 0.172. The summed E-state index contributed by atoms with van der Waals surface area (Å²) >= 11 is 0. The molecule has 0 spiro atoms. The normalized spacial score (nSPS) is 12.4. The molecule has 3 N–H and O–H groups in total. The Morgan fingerprint density at radius 2 is 2.00 bits per heavy atom. The second-order valence-corrected chi connectivity index (χ2v) is 4.65. The lowest BCUT2D eigenvalue weighted by atomic mass is 10.1. The van der Waals surface area contributed by atoms with Crippen molar-refractivity contribution >= 4 is 5.91 Å². The fraction of sp³-hybridized carbons (Fsp3) is 0.500. The van der Waals surface area contributed by atoms with E-state index in [1.165, 1.54) is 0 Å². The van der Waals surface area contributed by atoms with Gasteiger partial charge in [0.05, 0.1) is 6.61 Å². The molecular weight excluding hydrogens is 228 g/mol. The van der Waals surface area contributed by atoms with Crippen molar-refractivity contribution < 1.29 is 9.53 Å². The predicted octanol–water partition coefficient (Wildman–Crippen LogP) is 1.48. The molecule has 18 heavy (non-hydrogen) atoms. The minimum Gasteiger partial charge on any atom is -0.379 e. The summed E-state index contributed by atoms with van der Waals surface area (Å²) < 4.78 is 5.38. The molecule has 0 aliphatic heterocycles. The van der Waals surface area contributed by atoms with Gasteiger partial charge in [0.1, 0.15) is 6.04 Å². The van der Waals surface area contributed by atoms with Gasteiger partial charge in [0, 0.05) is 13.2 Å². The molecule has 0 aliphatic rings. The van der Waals surface area contributed by atoms with Gasteiger partial charge < -0.3 is 15.8 Å². The second kappa shape index (κ2) is 7.84. The molecule has 0 heterocycles. The van der Waals surface area contributed by atoms with Gasteiger partial charge in [-0.15, -0.1) is 0 Å². The summed E-state index contributed by atoms with van der Waals surface area (Å²) in [4.78, 5) is 11.7. The summed E-state index contributed by atoms with van der Waals surface area (Å²) in [5.41, 5.74) is 6.67. The van der Waals surface area contributed by atoms with Crippen LogP contribution in [-0.4, -0.2) is 25.7 Å². The summed E-state index contributed by atoms with van der Waals surface area (Å²) in [7, 11) is 0. The molecule has 4 nitrogen and oxygen atoms in total. The number of nitrogens with two attached hydrogens (primary N) is 1. The Kier molecular flexibility index (Phi) is 6.39. The molecule has 4 heteroatoms. The quantitative estimate of drug-likeness (QED) is 0.720. The number of carbonyl (C=O) groups is 1. The molecule has 1 aromatic rings. The Labute approximate surface area is 109 Å². The predicted molar refractivity (Wildman–Crippen MR) is 72.0 cm³/mol. The van der Waals surface area contributed by atoms with Crippen molar-refractivity contribution in [2.24, 2.45) is 11.7 Å². The summed E-state index contributed by atoms with van der Waals surface area (Å²) in [5.74, 6) is 0.335. The van der Waals surface area contributed by atoms with Crippen LogP contribution in [0.2, 0.25) is 0 Å². The SMILES string of the molecule is CC(C)COCCNC(=O)C(N)c1ccccc1. The van der Waals surface area contributed by atoms with Gasteiger partial charge in [0.15, 0.2) is 0 Å². The Hall–Kier alpha value is -1.39.